The van der Waals surface area contributed by atoms with Crippen LogP contribution in [-0.2, 0) is 13.5 Å². The lowest BCUT2D eigenvalue weighted by Gasteiger charge is -2.07. The van der Waals surface area contributed by atoms with Gasteiger partial charge in [0.1, 0.15) is 5.82 Å². The number of nitrogens with zero attached hydrogens (tertiary/aromatic N) is 2. The van der Waals surface area contributed by atoms with Crippen molar-refractivity contribution in [1.82, 2.24) is 14.5 Å². The predicted octanol–water partition coefficient (Wildman–Crippen LogP) is 3.81. The molecular weight excluding hydrogens is 296 g/mol. The summed E-state index contributed by atoms with van der Waals surface area (Å²) in [6.45, 7) is 0. The fourth-order valence-corrected chi connectivity index (χ4v) is 3.21. The molecule has 4 heteroatoms. The highest BCUT2D eigenvalue weighted by atomic mass is 15.0. The Morgan fingerprint density at radius 3 is 2.67 bits per heavy atom. The molecule has 0 spiro atoms. The molecule has 0 radical (unpaired) electrons. The molecule has 2 heterocycles. The SMILES string of the molecule is Cn1cc(C[C@@H](N)c2nc(-c3ccccc3)c[nH]2)c2ccccc21. The van der Waals surface area contributed by atoms with Crippen molar-refractivity contribution < 1.29 is 0 Å². The monoisotopic (exact) mass is 316 g/mol. The van der Waals surface area contributed by atoms with E-state index in [1.807, 2.05) is 24.4 Å². The van der Waals surface area contributed by atoms with Crippen molar-refractivity contribution in [2.24, 2.45) is 12.8 Å². The van der Waals surface area contributed by atoms with Gasteiger partial charge in [-0.1, -0.05) is 48.5 Å². The fourth-order valence-electron chi connectivity index (χ4n) is 3.21. The van der Waals surface area contributed by atoms with E-state index in [1.54, 1.807) is 0 Å². The van der Waals surface area contributed by atoms with Gasteiger partial charge in [0.2, 0.25) is 0 Å². The van der Waals surface area contributed by atoms with Crippen LogP contribution in [0.1, 0.15) is 17.4 Å². The van der Waals surface area contributed by atoms with Crippen LogP contribution in [0.4, 0.5) is 0 Å². The summed E-state index contributed by atoms with van der Waals surface area (Å²) >= 11 is 0. The summed E-state index contributed by atoms with van der Waals surface area (Å²) < 4.78 is 2.15. The first-order valence-corrected chi connectivity index (χ1v) is 8.11. The minimum atomic E-state index is -0.159. The summed E-state index contributed by atoms with van der Waals surface area (Å²) in [6.07, 6.45) is 4.84. The quantitative estimate of drug-likeness (QED) is 0.601. The lowest BCUT2D eigenvalue weighted by molar-refractivity contribution is 0.679. The average Bonchev–Trinajstić information content (AvgIpc) is 3.22. The maximum atomic E-state index is 6.42. The van der Waals surface area contributed by atoms with E-state index in [9.17, 15) is 0 Å². The molecule has 120 valence electrons. The summed E-state index contributed by atoms with van der Waals surface area (Å²) in [5, 5.41) is 1.25. The molecule has 3 N–H and O–H groups in total. The number of nitrogens with one attached hydrogen (secondary N) is 1. The first-order chi connectivity index (χ1) is 11.7. The molecule has 0 saturated heterocycles. The minimum absolute atomic E-state index is 0.159. The maximum absolute atomic E-state index is 6.42. The van der Waals surface area contributed by atoms with Gasteiger partial charge in [0, 0.05) is 35.9 Å². The topological polar surface area (TPSA) is 59.6 Å². The molecule has 4 rings (SSSR count). The van der Waals surface area contributed by atoms with Gasteiger partial charge < -0.3 is 15.3 Å². The average molecular weight is 316 g/mol. The van der Waals surface area contributed by atoms with Gasteiger partial charge in [0.25, 0.3) is 0 Å². The summed E-state index contributed by atoms with van der Waals surface area (Å²) in [4.78, 5) is 7.91. The van der Waals surface area contributed by atoms with Gasteiger partial charge in [-0.3, -0.25) is 0 Å². The molecule has 0 unspecified atom stereocenters. The van der Waals surface area contributed by atoms with Gasteiger partial charge in [-0.15, -0.1) is 0 Å². The van der Waals surface area contributed by atoms with Crippen molar-refractivity contribution in [3.05, 3.63) is 78.4 Å². The second-order valence-electron chi connectivity index (χ2n) is 6.13. The van der Waals surface area contributed by atoms with E-state index in [0.717, 1.165) is 23.5 Å². The third-order valence-corrected chi connectivity index (χ3v) is 4.44. The van der Waals surface area contributed by atoms with Crippen molar-refractivity contribution in [2.45, 2.75) is 12.5 Å². The van der Waals surface area contributed by atoms with Crippen molar-refractivity contribution in [2.75, 3.05) is 0 Å². The highest BCUT2D eigenvalue weighted by Crippen LogP contribution is 2.25. The predicted molar refractivity (Wildman–Crippen MR) is 97.6 cm³/mol. The van der Waals surface area contributed by atoms with Crippen LogP contribution in [0, 0.1) is 0 Å². The van der Waals surface area contributed by atoms with Crippen LogP contribution in [0.3, 0.4) is 0 Å². The number of rotatable bonds is 4. The molecule has 0 saturated carbocycles. The Labute approximate surface area is 141 Å². The molecule has 2 aromatic heterocycles. The van der Waals surface area contributed by atoms with Crippen LogP contribution >= 0.6 is 0 Å². The zero-order chi connectivity index (χ0) is 16.5. The van der Waals surface area contributed by atoms with Crippen LogP contribution in [0.15, 0.2) is 67.0 Å². The molecule has 4 aromatic rings. The summed E-state index contributed by atoms with van der Waals surface area (Å²) in [7, 11) is 2.07. The van der Waals surface area contributed by atoms with Gasteiger partial charge in [-0.25, -0.2) is 4.98 Å². The molecular formula is C20H20N4. The first kappa shape index (κ1) is 14.7. The van der Waals surface area contributed by atoms with Crippen LogP contribution in [-0.4, -0.2) is 14.5 Å². The van der Waals surface area contributed by atoms with Crippen LogP contribution in [0.2, 0.25) is 0 Å². The number of H-pyrrole nitrogens is 1. The summed E-state index contributed by atoms with van der Waals surface area (Å²) in [5.74, 6) is 0.821. The highest BCUT2D eigenvalue weighted by molar-refractivity contribution is 5.83. The van der Waals surface area contributed by atoms with Crippen molar-refractivity contribution in [3.63, 3.8) is 0 Å². The molecule has 2 aromatic carbocycles. The smallest absolute Gasteiger partial charge is 0.124 e. The number of aromatic nitrogens is 3. The molecule has 1 atom stereocenters. The number of hydrogen-bond donors (Lipinski definition) is 2. The second-order valence-corrected chi connectivity index (χ2v) is 6.13. The Balaban J connectivity index is 1.60. The Morgan fingerprint density at radius 2 is 1.83 bits per heavy atom. The van der Waals surface area contributed by atoms with Gasteiger partial charge in [0.05, 0.1) is 11.7 Å². The molecule has 4 nitrogen and oxygen atoms in total. The van der Waals surface area contributed by atoms with Gasteiger partial charge in [-0.05, 0) is 18.1 Å². The fraction of sp³-hybridized carbons (Fsp3) is 0.150. The zero-order valence-electron chi connectivity index (χ0n) is 13.6. The summed E-state index contributed by atoms with van der Waals surface area (Å²) in [6, 6.07) is 18.4. The molecule has 0 aliphatic rings. The number of hydrogen-bond acceptors (Lipinski definition) is 2. The molecule has 0 aliphatic heterocycles. The largest absolute Gasteiger partial charge is 0.350 e. The lowest BCUT2D eigenvalue weighted by atomic mass is 10.1. The maximum Gasteiger partial charge on any atom is 0.124 e. The van der Waals surface area contributed by atoms with Crippen LogP contribution in [0.25, 0.3) is 22.2 Å². The van der Waals surface area contributed by atoms with Gasteiger partial charge in [-0.2, -0.15) is 0 Å². The summed E-state index contributed by atoms with van der Waals surface area (Å²) in [5.41, 5.74) is 10.9. The Morgan fingerprint density at radius 1 is 1.08 bits per heavy atom. The second kappa shape index (κ2) is 5.98. The van der Waals surface area contributed by atoms with E-state index in [0.29, 0.717) is 0 Å². The zero-order valence-corrected chi connectivity index (χ0v) is 13.6. The lowest BCUT2D eigenvalue weighted by Crippen LogP contribution is -2.14. The van der Waals surface area contributed by atoms with E-state index < -0.39 is 0 Å². The van der Waals surface area contributed by atoms with Crippen LogP contribution in [0.5, 0.6) is 0 Å². The van der Waals surface area contributed by atoms with E-state index in [4.69, 9.17) is 5.73 Å². The molecule has 0 bridgehead atoms. The number of benzene rings is 2. The highest BCUT2D eigenvalue weighted by Gasteiger charge is 2.15. The first-order valence-electron chi connectivity index (χ1n) is 8.11. The standard InChI is InChI=1S/C20H20N4/c1-24-13-15(16-9-5-6-10-19(16)24)11-17(21)20-22-12-18(23-20)14-7-3-2-4-8-14/h2-10,12-13,17H,11,21H2,1H3,(H,22,23)/t17-/m1/s1. The Kier molecular flexibility index (Phi) is 3.67. The molecule has 0 aliphatic carbocycles. The molecule has 0 amide bonds. The molecule has 0 fully saturated rings. The number of fused-ring (bicyclic) bond motifs is 1. The minimum Gasteiger partial charge on any atom is -0.350 e. The number of imidazole rings is 1. The van der Waals surface area contributed by atoms with Gasteiger partial charge in [0.15, 0.2) is 0 Å². The normalized spacial score (nSPS) is 12.6. The van der Waals surface area contributed by atoms with Gasteiger partial charge >= 0.3 is 0 Å². The van der Waals surface area contributed by atoms with Crippen LogP contribution < -0.4 is 5.73 Å². The van der Waals surface area contributed by atoms with E-state index in [1.165, 1.54) is 16.5 Å². The third-order valence-electron chi connectivity index (χ3n) is 4.44. The third kappa shape index (κ3) is 2.61. The number of nitrogens with two attached hydrogens (primary N) is 1. The van der Waals surface area contributed by atoms with E-state index in [2.05, 4.69) is 64.2 Å². The van der Waals surface area contributed by atoms with Crippen molar-refractivity contribution >= 4 is 10.9 Å². The van der Waals surface area contributed by atoms with E-state index >= 15 is 0 Å². The van der Waals surface area contributed by atoms with E-state index in [-0.39, 0.29) is 6.04 Å². The van der Waals surface area contributed by atoms with Crippen molar-refractivity contribution in [1.29, 1.82) is 0 Å². The molecule has 24 heavy (non-hydrogen) atoms. The number of aryl methyl sites for hydroxylation is 1. The van der Waals surface area contributed by atoms with Crippen molar-refractivity contribution in [3.8, 4) is 11.3 Å². The Bertz CT molecular complexity index is 966. The Hall–Kier alpha value is -2.85. The number of aromatic amines is 1. The number of para-hydroxylation sites is 1.